The molecule has 1 aromatic heterocycles. The molecular formula is C22H23N3O4. The molecule has 0 atom stereocenters. The van der Waals surface area contributed by atoms with Crippen molar-refractivity contribution in [2.24, 2.45) is 0 Å². The highest BCUT2D eigenvalue weighted by Crippen LogP contribution is 2.20. The molecule has 1 heterocycles. The minimum absolute atomic E-state index is 0.0760. The highest BCUT2D eigenvalue weighted by molar-refractivity contribution is 5.92. The molecule has 1 amide bonds. The predicted molar refractivity (Wildman–Crippen MR) is 108 cm³/mol. The average Bonchev–Trinajstić information content (AvgIpc) is 3.25. The molecule has 0 saturated heterocycles. The van der Waals surface area contributed by atoms with Gasteiger partial charge in [0.05, 0.1) is 26.1 Å². The van der Waals surface area contributed by atoms with E-state index in [-0.39, 0.29) is 5.91 Å². The van der Waals surface area contributed by atoms with Crippen LogP contribution in [0.25, 0.3) is 5.69 Å². The molecular weight excluding hydrogens is 370 g/mol. The van der Waals surface area contributed by atoms with E-state index in [0.717, 1.165) is 16.8 Å². The molecule has 7 heteroatoms. The largest absolute Gasteiger partial charge is 0.496 e. The fourth-order valence-electron chi connectivity index (χ4n) is 2.89. The van der Waals surface area contributed by atoms with Crippen LogP contribution in [0.3, 0.4) is 0 Å². The summed E-state index contributed by atoms with van der Waals surface area (Å²) in [5.74, 6) is -0.124. The number of aromatic nitrogens is 2. The summed E-state index contributed by atoms with van der Waals surface area (Å²) >= 11 is 0. The topological polar surface area (TPSA) is 82.5 Å². The Hall–Kier alpha value is -3.61. The second-order valence-electron chi connectivity index (χ2n) is 6.43. The van der Waals surface area contributed by atoms with Crippen LogP contribution in [0.5, 0.6) is 5.75 Å². The van der Waals surface area contributed by atoms with E-state index in [1.807, 2.05) is 36.5 Å². The van der Waals surface area contributed by atoms with Crippen LogP contribution < -0.4 is 10.1 Å². The van der Waals surface area contributed by atoms with Gasteiger partial charge < -0.3 is 14.8 Å². The molecule has 0 unspecified atom stereocenters. The smallest absolute Gasteiger partial charge is 0.341 e. The minimum Gasteiger partial charge on any atom is -0.496 e. The Balaban J connectivity index is 1.53. The summed E-state index contributed by atoms with van der Waals surface area (Å²) in [7, 11) is 2.80. The first-order valence-corrected chi connectivity index (χ1v) is 9.21. The summed E-state index contributed by atoms with van der Waals surface area (Å²) in [6.45, 7) is 0.316. The van der Waals surface area contributed by atoms with Crippen molar-refractivity contribution >= 4 is 11.9 Å². The third-order valence-corrected chi connectivity index (χ3v) is 4.46. The van der Waals surface area contributed by atoms with Crippen LogP contribution in [0, 0.1) is 0 Å². The molecule has 3 rings (SSSR count). The van der Waals surface area contributed by atoms with E-state index in [1.54, 1.807) is 29.1 Å². The number of aryl methyl sites for hydroxylation is 1. The van der Waals surface area contributed by atoms with E-state index >= 15 is 0 Å². The molecule has 0 bridgehead atoms. The number of methoxy groups -OCH3 is 2. The van der Waals surface area contributed by atoms with Gasteiger partial charge in [0.15, 0.2) is 0 Å². The molecule has 7 nitrogen and oxygen atoms in total. The second kappa shape index (κ2) is 9.54. The zero-order valence-corrected chi connectivity index (χ0v) is 16.4. The number of hydrogen-bond acceptors (Lipinski definition) is 5. The highest BCUT2D eigenvalue weighted by Gasteiger charge is 2.14. The third-order valence-electron chi connectivity index (χ3n) is 4.46. The number of amides is 1. The molecule has 0 aliphatic rings. The summed E-state index contributed by atoms with van der Waals surface area (Å²) < 4.78 is 11.7. The molecule has 0 fully saturated rings. The third kappa shape index (κ3) is 5.22. The first-order chi connectivity index (χ1) is 14.1. The van der Waals surface area contributed by atoms with Crippen molar-refractivity contribution in [1.82, 2.24) is 15.1 Å². The van der Waals surface area contributed by atoms with Crippen LogP contribution in [0.15, 0.2) is 60.9 Å². The lowest BCUT2D eigenvalue weighted by molar-refractivity contribution is -0.121. The SMILES string of the molecule is COC(=O)c1cc(CNC(=O)CCc2cnn(-c3ccccc3)c2)ccc1OC. The van der Waals surface area contributed by atoms with Crippen LogP contribution >= 0.6 is 0 Å². The van der Waals surface area contributed by atoms with Gasteiger partial charge in [-0.25, -0.2) is 9.48 Å². The van der Waals surface area contributed by atoms with Crippen molar-refractivity contribution in [2.45, 2.75) is 19.4 Å². The van der Waals surface area contributed by atoms with Crippen LogP contribution in [0.4, 0.5) is 0 Å². The summed E-state index contributed by atoms with van der Waals surface area (Å²) in [6, 6.07) is 15.0. The van der Waals surface area contributed by atoms with E-state index in [9.17, 15) is 9.59 Å². The Morgan fingerprint density at radius 2 is 1.86 bits per heavy atom. The molecule has 3 aromatic rings. The first kappa shape index (κ1) is 20.1. The van der Waals surface area contributed by atoms with Gasteiger partial charge in [0.1, 0.15) is 11.3 Å². The molecule has 0 aliphatic heterocycles. The number of nitrogens with one attached hydrogen (secondary N) is 1. The van der Waals surface area contributed by atoms with Gasteiger partial charge in [0.2, 0.25) is 5.91 Å². The zero-order valence-electron chi connectivity index (χ0n) is 16.4. The van der Waals surface area contributed by atoms with Gasteiger partial charge in [-0.2, -0.15) is 5.10 Å². The Kier molecular flexibility index (Phi) is 6.63. The van der Waals surface area contributed by atoms with Crippen molar-refractivity contribution in [3.63, 3.8) is 0 Å². The molecule has 0 spiro atoms. The molecule has 0 aliphatic carbocycles. The number of esters is 1. The van der Waals surface area contributed by atoms with E-state index in [2.05, 4.69) is 10.4 Å². The van der Waals surface area contributed by atoms with Crippen molar-refractivity contribution in [3.05, 3.63) is 77.6 Å². The molecule has 1 N–H and O–H groups in total. The van der Waals surface area contributed by atoms with Gasteiger partial charge in [-0.15, -0.1) is 0 Å². The van der Waals surface area contributed by atoms with Crippen LogP contribution in [-0.4, -0.2) is 35.9 Å². The summed E-state index contributed by atoms with van der Waals surface area (Å²) in [5.41, 5.74) is 3.08. The average molecular weight is 393 g/mol. The van der Waals surface area contributed by atoms with Gasteiger partial charge in [0.25, 0.3) is 0 Å². The van der Waals surface area contributed by atoms with Crippen LogP contribution in [-0.2, 0) is 22.5 Å². The van der Waals surface area contributed by atoms with Gasteiger partial charge in [-0.05, 0) is 41.8 Å². The Morgan fingerprint density at radius 3 is 2.59 bits per heavy atom. The summed E-state index contributed by atoms with van der Waals surface area (Å²) in [6.07, 6.45) is 4.64. The van der Waals surface area contributed by atoms with Crippen LogP contribution in [0.2, 0.25) is 0 Å². The Morgan fingerprint density at radius 1 is 1.07 bits per heavy atom. The Labute approximate surface area is 169 Å². The van der Waals surface area contributed by atoms with Gasteiger partial charge in [-0.1, -0.05) is 24.3 Å². The lowest BCUT2D eigenvalue weighted by Gasteiger charge is -2.10. The van der Waals surface area contributed by atoms with Gasteiger partial charge in [0, 0.05) is 19.2 Å². The number of carbonyl (C=O) groups is 2. The fourth-order valence-corrected chi connectivity index (χ4v) is 2.89. The van der Waals surface area contributed by atoms with E-state index in [1.165, 1.54) is 14.2 Å². The lowest BCUT2D eigenvalue weighted by Crippen LogP contribution is -2.23. The monoisotopic (exact) mass is 393 g/mol. The molecule has 150 valence electrons. The van der Waals surface area contributed by atoms with Crippen molar-refractivity contribution in [3.8, 4) is 11.4 Å². The number of nitrogens with zero attached hydrogens (tertiary/aromatic N) is 2. The van der Waals surface area contributed by atoms with Gasteiger partial charge in [-0.3, -0.25) is 4.79 Å². The number of carbonyl (C=O) groups excluding carboxylic acids is 2. The number of benzene rings is 2. The second-order valence-corrected chi connectivity index (χ2v) is 6.43. The van der Waals surface area contributed by atoms with E-state index < -0.39 is 5.97 Å². The molecule has 0 saturated carbocycles. The van der Waals surface area contributed by atoms with Crippen molar-refractivity contribution in [2.75, 3.05) is 14.2 Å². The number of hydrogen-bond donors (Lipinski definition) is 1. The van der Waals surface area contributed by atoms with Crippen molar-refractivity contribution in [1.29, 1.82) is 0 Å². The highest BCUT2D eigenvalue weighted by atomic mass is 16.5. The molecule has 29 heavy (non-hydrogen) atoms. The first-order valence-electron chi connectivity index (χ1n) is 9.21. The molecule has 2 aromatic carbocycles. The maximum atomic E-state index is 12.2. The number of ether oxygens (including phenoxy) is 2. The van der Waals surface area contributed by atoms with Crippen molar-refractivity contribution < 1.29 is 19.1 Å². The van der Waals surface area contributed by atoms with E-state index in [0.29, 0.717) is 30.7 Å². The normalized spacial score (nSPS) is 10.4. The fraction of sp³-hybridized carbons (Fsp3) is 0.227. The minimum atomic E-state index is -0.481. The van der Waals surface area contributed by atoms with Gasteiger partial charge >= 0.3 is 5.97 Å². The zero-order chi connectivity index (χ0) is 20.6. The quantitative estimate of drug-likeness (QED) is 0.595. The predicted octanol–water partition coefficient (Wildman–Crippen LogP) is 2.92. The van der Waals surface area contributed by atoms with Crippen LogP contribution in [0.1, 0.15) is 27.9 Å². The maximum Gasteiger partial charge on any atom is 0.341 e. The number of rotatable bonds is 8. The lowest BCUT2D eigenvalue weighted by atomic mass is 10.1. The maximum absolute atomic E-state index is 12.2. The molecule has 0 radical (unpaired) electrons. The Bertz CT molecular complexity index is 983. The summed E-state index contributed by atoms with van der Waals surface area (Å²) in [4.78, 5) is 24.1. The standard InChI is InChI=1S/C22H23N3O4/c1-28-20-10-8-16(12-19(20)22(27)29-2)13-23-21(26)11-9-17-14-24-25(15-17)18-6-4-3-5-7-18/h3-8,10,12,14-15H,9,11,13H2,1-2H3,(H,23,26). The number of para-hydroxylation sites is 1. The summed E-state index contributed by atoms with van der Waals surface area (Å²) in [5, 5.41) is 7.21. The van der Waals surface area contributed by atoms with E-state index in [4.69, 9.17) is 9.47 Å².